The number of aromatic nitrogens is 1. The minimum absolute atomic E-state index is 0.160. The first kappa shape index (κ1) is 19.5. The molecule has 0 radical (unpaired) electrons. The monoisotopic (exact) mass is 476 g/mol. The summed E-state index contributed by atoms with van der Waals surface area (Å²) in [5.74, 6) is 5.21. The van der Waals surface area contributed by atoms with E-state index in [0.717, 1.165) is 19.3 Å². The van der Waals surface area contributed by atoms with Gasteiger partial charge in [0.1, 0.15) is 12.2 Å². The molecule has 0 amide bonds. The Bertz CT molecular complexity index is 1050. The van der Waals surface area contributed by atoms with Gasteiger partial charge in [-0.2, -0.15) is 0 Å². The number of benzene rings is 1. The molecule has 1 aliphatic rings. The van der Waals surface area contributed by atoms with Gasteiger partial charge in [0.2, 0.25) is 5.75 Å². The van der Waals surface area contributed by atoms with Crippen molar-refractivity contribution in [3.05, 3.63) is 62.2 Å². The topological polar surface area (TPSA) is 83.7 Å². The number of nitro groups is 1. The Morgan fingerprint density at radius 1 is 1.43 bits per heavy atom. The lowest BCUT2D eigenvalue weighted by molar-refractivity contribution is -0.390. The van der Waals surface area contributed by atoms with Crippen LogP contribution in [0.25, 0.3) is 0 Å². The highest BCUT2D eigenvalue weighted by molar-refractivity contribution is 9.10. The molecule has 1 fully saturated rings. The summed E-state index contributed by atoms with van der Waals surface area (Å²) in [6.45, 7) is 2.02. The smallest absolute Gasteiger partial charge is 0.406 e. The van der Waals surface area contributed by atoms with Gasteiger partial charge in [0.15, 0.2) is 12.5 Å². The third-order valence-electron chi connectivity index (χ3n) is 4.19. The van der Waals surface area contributed by atoms with Crippen molar-refractivity contribution in [2.45, 2.75) is 51.6 Å². The minimum atomic E-state index is -2.35. The van der Waals surface area contributed by atoms with Crippen molar-refractivity contribution in [1.82, 2.24) is 4.98 Å². The SMILES string of the molecule is [2H]C([2H])(Oc1cc(Br)cnc1[N+](=O)[O-])c1cccc(C#CC(C)(C)OC2CCCCO2)c1. The largest absolute Gasteiger partial charge is 0.481 e. The summed E-state index contributed by atoms with van der Waals surface area (Å²) in [7, 11) is 0. The summed E-state index contributed by atoms with van der Waals surface area (Å²) in [5.41, 5.74) is -0.0400. The third kappa shape index (κ3) is 6.52. The highest BCUT2D eigenvalue weighted by atomic mass is 79.9. The molecule has 1 aromatic heterocycles. The van der Waals surface area contributed by atoms with Crippen LogP contribution in [0.1, 0.15) is 47.0 Å². The Balaban J connectivity index is 1.79. The quantitative estimate of drug-likeness (QED) is 0.331. The van der Waals surface area contributed by atoms with Gasteiger partial charge >= 0.3 is 5.82 Å². The molecule has 1 atom stereocenters. The molecule has 3 rings (SSSR count). The Hall–Kier alpha value is -2.47. The minimum Gasteiger partial charge on any atom is -0.481 e. The third-order valence-corrected chi connectivity index (χ3v) is 4.62. The predicted octanol–water partition coefficient (Wildman–Crippen LogP) is 5.00. The number of pyridine rings is 1. The average Bonchev–Trinajstić information content (AvgIpc) is 2.72. The Morgan fingerprint density at radius 2 is 2.27 bits per heavy atom. The van der Waals surface area contributed by atoms with E-state index in [2.05, 4.69) is 32.8 Å². The molecule has 1 saturated heterocycles. The molecule has 2 aromatic rings. The van der Waals surface area contributed by atoms with Crippen LogP contribution in [-0.4, -0.2) is 28.4 Å². The van der Waals surface area contributed by atoms with Gasteiger partial charge in [-0.25, -0.2) is 0 Å². The molecule has 7 nitrogen and oxygen atoms in total. The van der Waals surface area contributed by atoms with Crippen molar-refractivity contribution >= 4 is 21.7 Å². The van der Waals surface area contributed by atoms with Crippen LogP contribution in [0, 0.1) is 22.0 Å². The Morgan fingerprint density at radius 3 is 3.00 bits per heavy atom. The van der Waals surface area contributed by atoms with E-state index in [9.17, 15) is 10.1 Å². The Kier molecular flexibility index (Phi) is 6.51. The van der Waals surface area contributed by atoms with Crippen LogP contribution >= 0.6 is 15.9 Å². The fourth-order valence-corrected chi connectivity index (χ4v) is 3.10. The maximum absolute atomic E-state index is 11.2. The van der Waals surface area contributed by atoms with Crippen LogP contribution in [0.2, 0.25) is 0 Å². The molecule has 2 heterocycles. The molecule has 0 aliphatic carbocycles. The summed E-state index contributed by atoms with van der Waals surface area (Å²) < 4.78 is 34.0. The van der Waals surface area contributed by atoms with Crippen LogP contribution in [-0.2, 0) is 16.0 Å². The molecular weight excluding hydrogens is 452 g/mol. The number of hydrogen-bond donors (Lipinski definition) is 0. The number of hydrogen-bond acceptors (Lipinski definition) is 6. The maximum Gasteiger partial charge on any atom is 0.406 e. The van der Waals surface area contributed by atoms with Crippen LogP contribution < -0.4 is 4.74 Å². The lowest BCUT2D eigenvalue weighted by Crippen LogP contribution is -2.33. The first-order valence-corrected chi connectivity index (χ1v) is 10.3. The van der Waals surface area contributed by atoms with Gasteiger partial charge in [0.25, 0.3) is 0 Å². The molecule has 158 valence electrons. The number of ether oxygens (including phenoxy) is 3. The lowest BCUT2D eigenvalue weighted by Gasteiger charge is -2.29. The van der Waals surface area contributed by atoms with Crippen LogP contribution in [0.4, 0.5) is 5.82 Å². The van der Waals surface area contributed by atoms with Gasteiger partial charge in [-0.05, 0) is 76.6 Å². The normalized spacial score (nSPS) is 17.9. The van der Waals surface area contributed by atoms with Gasteiger partial charge in [0.05, 0.1) is 7.21 Å². The predicted molar refractivity (Wildman–Crippen MR) is 115 cm³/mol. The second-order valence-electron chi connectivity index (χ2n) is 7.19. The van der Waals surface area contributed by atoms with Gasteiger partial charge in [-0.15, -0.1) is 0 Å². The van der Waals surface area contributed by atoms with Crippen molar-refractivity contribution in [2.75, 3.05) is 6.61 Å². The number of nitrogens with zero attached hydrogens (tertiary/aromatic N) is 2. The second kappa shape index (κ2) is 10.0. The van der Waals surface area contributed by atoms with Crippen molar-refractivity contribution in [1.29, 1.82) is 0 Å². The van der Waals surface area contributed by atoms with Gasteiger partial charge in [-0.3, -0.25) is 0 Å². The van der Waals surface area contributed by atoms with E-state index < -0.39 is 22.9 Å². The average molecular weight is 477 g/mol. The van der Waals surface area contributed by atoms with Crippen molar-refractivity contribution in [2.24, 2.45) is 0 Å². The first-order valence-electron chi connectivity index (χ1n) is 10.5. The summed E-state index contributed by atoms with van der Waals surface area (Å²) >= 11 is 3.17. The fraction of sp³-hybridized carbons (Fsp3) is 0.409. The zero-order valence-electron chi connectivity index (χ0n) is 18.7. The maximum atomic E-state index is 11.2. The van der Waals surface area contributed by atoms with E-state index in [1.165, 1.54) is 24.4 Å². The van der Waals surface area contributed by atoms with Gasteiger partial charge in [-0.1, -0.05) is 24.0 Å². The van der Waals surface area contributed by atoms with Gasteiger partial charge < -0.3 is 24.3 Å². The van der Waals surface area contributed by atoms with E-state index in [1.807, 2.05) is 13.8 Å². The molecule has 0 saturated carbocycles. The van der Waals surface area contributed by atoms with E-state index in [4.69, 9.17) is 17.0 Å². The first-order chi connectivity index (χ1) is 15.1. The molecule has 0 bridgehead atoms. The highest BCUT2D eigenvalue weighted by Crippen LogP contribution is 2.28. The molecular formula is C22H23BrN2O5. The van der Waals surface area contributed by atoms with Gasteiger partial charge in [0, 0.05) is 18.2 Å². The van der Waals surface area contributed by atoms with Crippen molar-refractivity contribution in [3.63, 3.8) is 0 Å². The highest BCUT2D eigenvalue weighted by Gasteiger charge is 2.24. The second-order valence-corrected chi connectivity index (χ2v) is 8.11. The van der Waals surface area contributed by atoms with Crippen molar-refractivity contribution in [3.8, 4) is 17.6 Å². The number of halogens is 1. The van der Waals surface area contributed by atoms with Crippen LogP contribution in [0.3, 0.4) is 0 Å². The lowest BCUT2D eigenvalue weighted by atomic mass is 10.1. The molecule has 8 heteroatoms. The zero-order chi connectivity index (χ0) is 23.4. The number of rotatable bonds is 6. The van der Waals surface area contributed by atoms with E-state index in [0.29, 0.717) is 16.6 Å². The molecule has 0 spiro atoms. The standard InChI is InChI=1S/C22H23BrN2O5/c1-22(2,30-20-8-3-4-11-28-20)10-9-16-6-5-7-17(12-16)15-29-19-13-18(23)14-24-21(19)25(26)27/h5-7,12-14,20H,3-4,8,11,15H2,1-2H3/i15D2. The molecule has 1 unspecified atom stereocenters. The fourth-order valence-electron chi connectivity index (χ4n) is 2.78. The van der Waals surface area contributed by atoms with E-state index in [-0.39, 0.29) is 17.6 Å². The molecule has 1 aromatic carbocycles. The van der Waals surface area contributed by atoms with Crippen molar-refractivity contribution < 1.29 is 21.9 Å². The summed E-state index contributed by atoms with van der Waals surface area (Å²) in [6, 6.07) is 7.76. The zero-order valence-corrected chi connectivity index (χ0v) is 18.3. The Labute approximate surface area is 186 Å². The summed E-state index contributed by atoms with van der Waals surface area (Å²) in [4.78, 5) is 14.2. The van der Waals surface area contributed by atoms with Crippen LogP contribution in [0.15, 0.2) is 41.0 Å². The van der Waals surface area contributed by atoms with Crippen LogP contribution in [0.5, 0.6) is 5.75 Å². The summed E-state index contributed by atoms with van der Waals surface area (Å²) in [5, 5.41) is 11.2. The van der Waals surface area contributed by atoms with E-state index in [1.54, 1.807) is 12.1 Å². The molecule has 0 N–H and O–H groups in total. The molecule has 30 heavy (non-hydrogen) atoms. The summed E-state index contributed by atoms with van der Waals surface area (Å²) in [6.07, 6.45) is 3.88. The molecule has 1 aliphatic heterocycles. The van der Waals surface area contributed by atoms with E-state index >= 15 is 0 Å².